The highest BCUT2D eigenvalue weighted by atomic mass is 35.5. The van der Waals surface area contributed by atoms with E-state index in [2.05, 4.69) is 22.1 Å². The number of carbonyl (C=O) groups is 1. The summed E-state index contributed by atoms with van der Waals surface area (Å²) in [5.41, 5.74) is 1.67. The van der Waals surface area contributed by atoms with Gasteiger partial charge >= 0.3 is 0 Å². The Morgan fingerprint density at radius 3 is 2.93 bits per heavy atom. The Labute approximate surface area is 178 Å². The number of amides is 1. The fraction of sp³-hybridized carbons (Fsp3) is 0.524. The summed E-state index contributed by atoms with van der Waals surface area (Å²) in [7, 11) is 0. The first-order chi connectivity index (χ1) is 14.5. The molecule has 3 aliphatic heterocycles. The number of carbonyl (C=O) groups excluding carboxylic acids is 1. The lowest BCUT2D eigenvalue weighted by atomic mass is 10.0. The van der Waals surface area contributed by atoms with E-state index in [0.717, 1.165) is 43.7 Å². The van der Waals surface area contributed by atoms with E-state index >= 15 is 0 Å². The second-order valence-electron chi connectivity index (χ2n) is 8.80. The van der Waals surface area contributed by atoms with Crippen molar-refractivity contribution >= 4 is 35.2 Å². The predicted octanol–water partition coefficient (Wildman–Crippen LogP) is 3.26. The van der Waals surface area contributed by atoms with E-state index in [1.54, 1.807) is 11.2 Å². The molecule has 1 aromatic carbocycles. The number of hydrogen-bond acceptors (Lipinski definition) is 7. The van der Waals surface area contributed by atoms with Crippen molar-refractivity contribution in [1.29, 1.82) is 0 Å². The van der Waals surface area contributed by atoms with Gasteiger partial charge in [-0.15, -0.1) is 0 Å². The van der Waals surface area contributed by atoms with Crippen LogP contribution < -0.4 is 9.80 Å². The molecule has 3 atom stereocenters. The molecule has 2 fully saturated rings. The van der Waals surface area contributed by atoms with E-state index in [9.17, 15) is 4.79 Å². The Bertz CT molecular complexity index is 1040. The molecule has 0 radical (unpaired) electrons. The van der Waals surface area contributed by atoms with Gasteiger partial charge in [0.05, 0.1) is 30.4 Å². The van der Waals surface area contributed by atoms with Crippen molar-refractivity contribution in [3.63, 3.8) is 0 Å². The molecule has 8 nitrogen and oxygen atoms in total. The van der Waals surface area contributed by atoms with Crippen molar-refractivity contribution in [3.05, 3.63) is 34.9 Å². The molecule has 30 heavy (non-hydrogen) atoms. The van der Waals surface area contributed by atoms with Gasteiger partial charge in [0.2, 0.25) is 0 Å². The molecule has 4 heterocycles. The summed E-state index contributed by atoms with van der Waals surface area (Å²) in [6, 6.07) is 4.51. The van der Waals surface area contributed by atoms with Crippen LogP contribution in [0.25, 0.3) is 0 Å². The molecule has 0 spiro atoms. The summed E-state index contributed by atoms with van der Waals surface area (Å²) in [4.78, 5) is 26.6. The maximum absolute atomic E-state index is 13.7. The Kier molecular flexibility index (Phi) is 3.98. The average Bonchev–Trinajstić information content (AvgIpc) is 3.21. The topological polar surface area (TPSA) is 84.1 Å². The normalized spacial score (nSPS) is 28.7. The van der Waals surface area contributed by atoms with Crippen molar-refractivity contribution in [2.45, 2.75) is 56.2 Å². The van der Waals surface area contributed by atoms with Gasteiger partial charge in [-0.25, -0.2) is 0 Å². The molecule has 3 unspecified atom stereocenters. The lowest BCUT2D eigenvalue weighted by Gasteiger charge is -2.40. The zero-order chi connectivity index (χ0) is 20.5. The van der Waals surface area contributed by atoms with Crippen molar-refractivity contribution in [2.24, 2.45) is 4.99 Å². The van der Waals surface area contributed by atoms with Crippen molar-refractivity contribution < 1.29 is 14.1 Å². The Morgan fingerprint density at radius 2 is 2.17 bits per heavy atom. The highest BCUT2D eigenvalue weighted by Gasteiger charge is 2.50. The van der Waals surface area contributed by atoms with Crippen LogP contribution in [0.2, 0.25) is 5.02 Å². The summed E-state index contributed by atoms with van der Waals surface area (Å²) in [5, 5.41) is 4.76. The zero-order valence-corrected chi connectivity index (χ0v) is 17.4. The van der Waals surface area contributed by atoms with Gasteiger partial charge in [-0.2, -0.15) is 4.98 Å². The minimum absolute atomic E-state index is 0.00444. The maximum Gasteiger partial charge on any atom is 0.254 e. The van der Waals surface area contributed by atoms with Gasteiger partial charge in [-0.3, -0.25) is 9.79 Å². The van der Waals surface area contributed by atoms with Gasteiger partial charge in [0.25, 0.3) is 11.8 Å². The molecule has 0 N–H and O–H groups in total. The Morgan fingerprint density at radius 1 is 1.30 bits per heavy atom. The third kappa shape index (κ3) is 2.77. The summed E-state index contributed by atoms with van der Waals surface area (Å²) >= 11 is 6.27. The fourth-order valence-corrected chi connectivity index (χ4v) is 4.68. The molecule has 2 aromatic rings. The van der Waals surface area contributed by atoms with Gasteiger partial charge in [0.15, 0.2) is 11.9 Å². The number of aromatic nitrogens is 2. The van der Waals surface area contributed by atoms with Crippen LogP contribution in [0.15, 0.2) is 27.7 Å². The monoisotopic (exact) mass is 427 g/mol. The number of halogens is 1. The number of nitrogens with zero attached hydrogens (tertiary/aromatic N) is 5. The fourth-order valence-electron chi connectivity index (χ4n) is 4.52. The first-order valence-corrected chi connectivity index (χ1v) is 10.8. The van der Waals surface area contributed by atoms with Crippen LogP contribution in [-0.2, 0) is 14.9 Å². The molecule has 1 saturated carbocycles. The van der Waals surface area contributed by atoms with Crippen molar-refractivity contribution in [3.8, 4) is 0 Å². The van der Waals surface area contributed by atoms with E-state index in [0.29, 0.717) is 23.3 Å². The summed E-state index contributed by atoms with van der Waals surface area (Å²) < 4.78 is 11.4. The lowest BCUT2D eigenvalue weighted by Crippen LogP contribution is -2.54. The number of rotatable bonds is 4. The van der Waals surface area contributed by atoms with Crippen LogP contribution in [0.1, 0.15) is 50.4 Å². The minimum atomic E-state index is -0.555. The quantitative estimate of drug-likeness (QED) is 0.744. The Hall–Kier alpha value is -2.45. The summed E-state index contributed by atoms with van der Waals surface area (Å²) in [6.45, 7) is 3.36. The minimum Gasteiger partial charge on any atom is -0.376 e. The van der Waals surface area contributed by atoms with E-state index in [4.69, 9.17) is 20.9 Å². The number of aliphatic imine (C=N–C) groups is 1. The van der Waals surface area contributed by atoms with Crippen LogP contribution in [0.4, 0.5) is 11.4 Å². The maximum atomic E-state index is 13.7. The molecule has 156 valence electrons. The highest BCUT2D eigenvalue weighted by molar-refractivity contribution is 6.31. The highest BCUT2D eigenvalue weighted by Crippen LogP contribution is 2.47. The smallest absolute Gasteiger partial charge is 0.254 e. The van der Waals surface area contributed by atoms with Gasteiger partial charge in [0.1, 0.15) is 6.04 Å². The van der Waals surface area contributed by atoms with Crippen molar-refractivity contribution in [1.82, 2.24) is 10.1 Å². The van der Waals surface area contributed by atoms with Crippen LogP contribution in [-0.4, -0.2) is 47.7 Å². The van der Waals surface area contributed by atoms with Gasteiger partial charge in [-0.05, 0) is 43.9 Å². The second kappa shape index (κ2) is 6.52. The zero-order valence-electron chi connectivity index (χ0n) is 16.6. The van der Waals surface area contributed by atoms with E-state index < -0.39 is 12.1 Å². The van der Waals surface area contributed by atoms with Crippen LogP contribution in [0.3, 0.4) is 0 Å². The molecular formula is C21H22ClN5O3. The Balaban J connectivity index is 1.37. The van der Waals surface area contributed by atoms with Crippen LogP contribution in [0.5, 0.6) is 0 Å². The molecule has 1 saturated heterocycles. The summed E-state index contributed by atoms with van der Waals surface area (Å²) in [6.07, 6.45) is 5.79. The van der Waals surface area contributed by atoms with Crippen LogP contribution in [0, 0.1) is 0 Å². The number of ether oxygens (including phenoxy) is 1. The number of fused-ring (bicyclic) bond motifs is 3. The predicted molar refractivity (Wildman–Crippen MR) is 111 cm³/mol. The average molecular weight is 428 g/mol. The SMILES string of the molecule is CC1(c2noc(C3N=CN4c5ccc(Cl)cc5N(CC5CCCO5)C(=O)C34)n2)CC1. The van der Waals surface area contributed by atoms with E-state index in [-0.39, 0.29) is 17.4 Å². The number of anilines is 2. The molecule has 6 rings (SSSR count). The van der Waals surface area contributed by atoms with Crippen LogP contribution >= 0.6 is 11.6 Å². The van der Waals surface area contributed by atoms with Gasteiger partial charge < -0.3 is 19.1 Å². The first kappa shape index (κ1) is 18.3. The molecular weight excluding hydrogens is 406 g/mol. The lowest BCUT2D eigenvalue weighted by molar-refractivity contribution is -0.120. The van der Waals surface area contributed by atoms with Gasteiger partial charge in [-0.1, -0.05) is 23.7 Å². The van der Waals surface area contributed by atoms with Gasteiger partial charge in [0, 0.05) is 17.0 Å². The largest absolute Gasteiger partial charge is 0.376 e. The summed E-state index contributed by atoms with van der Waals surface area (Å²) in [5.74, 6) is 1.04. The second-order valence-corrected chi connectivity index (χ2v) is 9.23. The first-order valence-electron chi connectivity index (χ1n) is 10.4. The number of benzene rings is 1. The molecule has 1 aliphatic carbocycles. The number of hydrogen-bond donors (Lipinski definition) is 0. The van der Waals surface area contributed by atoms with E-state index in [1.807, 2.05) is 23.1 Å². The standard InChI is InChI=1S/C21H22ClN5O3/c1-21(6-7-21)20-24-18(30-25-20)16-17-19(28)26(10-13-3-2-8-29-13)15-9-12(22)4-5-14(15)27(17)11-23-16/h4-5,9,11,13,16-17H,2-3,6-8,10H2,1H3. The third-order valence-electron chi connectivity index (χ3n) is 6.62. The molecule has 9 heteroatoms. The third-order valence-corrected chi connectivity index (χ3v) is 6.86. The molecule has 1 amide bonds. The molecule has 1 aromatic heterocycles. The van der Waals surface area contributed by atoms with Crippen molar-refractivity contribution in [2.75, 3.05) is 23.0 Å². The van der Waals surface area contributed by atoms with E-state index in [1.165, 1.54) is 0 Å². The molecule has 0 bridgehead atoms. The molecule has 4 aliphatic rings.